The number of hydrogen-bond acceptors (Lipinski definition) is 2. The largest absolute Gasteiger partial charge is 0.310 e. The van der Waals surface area contributed by atoms with Gasteiger partial charge in [-0.25, -0.2) is 0 Å². The minimum Gasteiger partial charge on any atom is -0.310 e. The summed E-state index contributed by atoms with van der Waals surface area (Å²) in [5, 5.41) is 10.2. The van der Waals surface area contributed by atoms with Crippen LogP contribution < -0.4 is 4.90 Å². The van der Waals surface area contributed by atoms with Gasteiger partial charge in [-0.2, -0.15) is 0 Å². The lowest BCUT2D eigenvalue weighted by Crippen LogP contribution is -2.31. The highest BCUT2D eigenvalue weighted by atomic mass is 32.1. The van der Waals surface area contributed by atoms with Crippen molar-refractivity contribution in [3.8, 4) is 39.1 Å². The third-order valence-corrected chi connectivity index (χ3v) is 18.6. The predicted molar refractivity (Wildman–Crippen MR) is 317 cm³/mol. The molecule has 2 nitrogen and oxygen atoms in total. The fraction of sp³-hybridized carbons (Fsp3) is 0.0556. The Kier molecular flexibility index (Phi) is 8.19. The Morgan fingerprint density at radius 1 is 0.320 bits per heavy atom. The van der Waals surface area contributed by atoms with Crippen molar-refractivity contribution in [1.29, 1.82) is 0 Å². The predicted octanol–water partition coefficient (Wildman–Crippen LogP) is 19.6. The van der Waals surface area contributed by atoms with Crippen molar-refractivity contribution in [2.45, 2.75) is 24.7 Å². The molecule has 17 rings (SSSR count). The average molecular weight is 971 g/mol. The topological polar surface area (TPSA) is 8.17 Å². The lowest BCUT2D eigenvalue weighted by atomic mass is 9.70. The number of para-hydroxylation sites is 2. The van der Waals surface area contributed by atoms with Crippen molar-refractivity contribution >= 4 is 91.9 Å². The number of nitrogens with zero attached hydrogens (tertiary/aromatic N) is 2. The molecule has 3 heteroatoms. The first-order valence-electron chi connectivity index (χ1n) is 26.2. The molecule has 2 aliphatic carbocycles. The Hall–Kier alpha value is -9.02. The maximum atomic E-state index is 2.54. The van der Waals surface area contributed by atoms with Crippen molar-refractivity contribution in [2.75, 3.05) is 4.90 Å². The molecule has 2 aromatic heterocycles. The summed E-state index contributed by atoms with van der Waals surface area (Å²) in [7, 11) is 0. The fourth-order valence-electron chi connectivity index (χ4n) is 14.2. The number of anilines is 3. The quantitative estimate of drug-likeness (QED) is 0.160. The SMILES string of the molecule is CC1(C)c2ccccc2N(c2ccc3c(c2)C2(c4ccccc4-c4ccccc42)c2ccccc2-3)c2ccc(-c3ccc4c(c3)c3ccccc3n4-c3ccc4cc5cc6sc7ccccc7c6cc5cc4c3)cc21. The first-order chi connectivity index (χ1) is 36.9. The molecule has 0 N–H and O–H groups in total. The maximum Gasteiger partial charge on any atom is 0.0726 e. The van der Waals surface area contributed by atoms with Gasteiger partial charge in [0.2, 0.25) is 0 Å². The molecule has 0 saturated carbocycles. The molecule has 75 heavy (non-hydrogen) atoms. The molecule has 0 atom stereocenters. The number of thiophene rings is 1. The fourth-order valence-corrected chi connectivity index (χ4v) is 15.3. The van der Waals surface area contributed by atoms with Crippen LogP contribution in [0.15, 0.2) is 243 Å². The minimum absolute atomic E-state index is 0.263. The van der Waals surface area contributed by atoms with Crippen molar-refractivity contribution in [3.05, 3.63) is 276 Å². The number of aromatic nitrogens is 1. The second-order valence-corrected chi connectivity index (χ2v) is 22.7. The molecule has 0 saturated heterocycles. The Balaban J connectivity index is 0.803. The van der Waals surface area contributed by atoms with E-state index in [-0.39, 0.29) is 5.41 Å². The summed E-state index contributed by atoms with van der Waals surface area (Å²) in [5.74, 6) is 0. The molecule has 1 spiro atoms. The number of benzene rings is 12. The first-order valence-corrected chi connectivity index (χ1v) is 27.0. The van der Waals surface area contributed by atoms with Gasteiger partial charge in [0.15, 0.2) is 0 Å². The highest BCUT2D eigenvalue weighted by Crippen LogP contribution is 2.64. The van der Waals surface area contributed by atoms with Crippen LogP contribution >= 0.6 is 11.3 Å². The van der Waals surface area contributed by atoms with E-state index in [1.807, 2.05) is 11.3 Å². The monoisotopic (exact) mass is 970 g/mol. The van der Waals surface area contributed by atoms with E-state index in [0.29, 0.717) is 0 Å². The second-order valence-electron chi connectivity index (χ2n) is 21.6. The Labute approximate surface area is 438 Å². The van der Waals surface area contributed by atoms with Crippen LogP contribution in [0.5, 0.6) is 0 Å². The van der Waals surface area contributed by atoms with Crippen molar-refractivity contribution < 1.29 is 0 Å². The van der Waals surface area contributed by atoms with Gasteiger partial charge in [-0.05, 0) is 179 Å². The molecule has 350 valence electrons. The summed E-state index contributed by atoms with van der Waals surface area (Å²) < 4.78 is 5.14. The van der Waals surface area contributed by atoms with Gasteiger partial charge in [0, 0.05) is 47.7 Å². The van der Waals surface area contributed by atoms with Crippen LogP contribution in [0.3, 0.4) is 0 Å². The van der Waals surface area contributed by atoms with Crippen LogP contribution in [0.2, 0.25) is 0 Å². The van der Waals surface area contributed by atoms with Crippen molar-refractivity contribution in [1.82, 2.24) is 4.57 Å². The summed E-state index contributed by atoms with van der Waals surface area (Å²) in [6.45, 7) is 4.81. The Morgan fingerprint density at radius 2 is 0.893 bits per heavy atom. The normalized spacial score (nSPS) is 14.5. The molecule has 3 heterocycles. The van der Waals surface area contributed by atoms with E-state index in [4.69, 9.17) is 0 Å². The smallest absolute Gasteiger partial charge is 0.0726 e. The molecule has 1 aliphatic heterocycles. The zero-order valence-corrected chi connectivity index (χ0v) is 42.2. The zero-order valence-electron chi connectivity index (χ0n) is 41.4. The second kappa shape index (κ2) is 14.8. The molecule has 0 radical (unpaired) electrons. The van der Waals surface area contributed by atoms with Crippen molar-refractivity contribution in [2.24, 2.45) is 0 Å². The highest BCUT2D eigenvalue weighted by molar-refractivity contribution is 7.25. The van der Waals surface area contributed by atoms with Gasteiger partial charge in [0.25, 0.3) is 0 Å². The molecule has 0 amide bonds. The van der Waals surface area contributed by atoms with E-state index < -0.39 is 5.41 Å². The van der Waals surface area contributed by atoms with Gasteiger partial charge in [0.05, 0.1) is 27.8 Å². The third-order valence-electron chi connectivity index (χ3n) is 17.5. The van der Waals surface area contributed by atoms with Gasteiger partial charge in [-0.15, -0.1) is 11.3 Å². The molecule has 0 unspecified atom stereocenters. The molecule has 0 bridgehead atoms. The number of hydrogen-bond donors (Lipinski definition) is 0. The van der Waals surface area contributed by atoms with Crippen LogP contribution in [0, 0.1) is 0 Å². The molecular weight excluding hydrogens is 925 g/mol. The van der Waals surface area contributed by atoms with Crippen LogP contribution in [0.25, 0.3) is 103 Å². The summed E-state index contributed by atoms with van der Waals surface area (Å²) in [4.78, 5) is 2.54. The molecule has 3 aliphatic rings. The molecule has 12 aromatic carbocycles. The van der Waals surface area contributed by atoms with Crippen LogP contribution in [-0.4, -0.2) is 4.57 Å². The number of rotatable bonds is 3. The summed E-state index contributed by atoms with van der Waals surface area (Å²) in [6.07, 6.45) is 0. The lowest BCUT2D eigenvalue weighted by molar-refractivity contribution is 0.632. The molecular formula is C72H46N2S. The van der Waals surface area contributed by atoms with Gasteiger partial charge >= 0.3 is 0 Å². The average Bonchev–Trinajstić information content (AvgIpc) is 4.35. The van der Waals surface area contributed by atoms with E-state index in [9.17, 15) is 0 Å². The highest BCUT2D eigenvalue weighted by Gasteiger charge is 2.52. The first kappa shape index (κ1) is 41.5. The van der Waals surface area contributed by atoms with E-state index in [2.05, 4.69) is 266 Å². The van der Waals surface area contributed by atoms with Gasteiger partial charge in [0.1, 0.15) is 0 Å². The third kappa shape index (κ3) is 5.47. The summed E-state index contributed by atoms with van der Waals surface area (Å²) in [6, 6.07) is 92.2. The number of fused-ring (bicyclic) bond motifs is 20. The molecule has 0 fully saturated rings. The Bertz CT molecular complexity index is 4770. The maximum absolute atomic E-state index is 2.54. The zero-order chi connectivity index (χ0) is 49.3. The lowest BCUT2D eigenvalue weighted by Gasteiger charge is -2.42. The van der Waals surface area contributed by atoms with E-state index in [1.54, 1.807) is 0 Å². The van der Waals surface area contributed by atoms with E-state index >= 15 is 0 Å². The summed E-state index contributed by atoms with van der Waals surface area (Å²) in [5.41, 5.74) is 22.3. The van der Waals surface area contributed by atoms with E-state index in [1.165, 1.54) is 153 Å². The van der Waals surface area contributed by atoms with E-state index in [0.717, 1.165) is 0 Å². The van der Waals surface area contributed by atoms with Gasteiger partial charge in [-0.1, -0.05) is 166 Å². The van der Waals surface area contributed by atoms with Crippen molar-refractivity contribution in [3.63, 3.8) is 0 Å². The standard InChI is InChI=1S/C72H46N2S/c1-71(2)62-23-11-13-25-67(62)74(50-31-32-54-53-17-5-10-22-61(53)72(63(54)42-50)59-20-8-3-15-51(59)52-16-4-9-21-60(52)72)68-34-29-45(40-64(68)71)44-28-33-66-57(38-44)55-18-6-12-24-65(55)73(66)49-30-27-43-35-48-41-70-58(39-47(48)36-46(43)37-49)56-19-7-14-26-69(56)75-70/h3-42H,1-2H3. The molecule has 14 aromatic rings. The minimum atomic E-state index is -0.422. The van der Waals surface area contributed by atoms with Crippen LogP contribution in [0.1, 0.15) is 47.2 Å². The Morgan fingerprint density at radius 3 is 1.68 bits per heavy atom. The van der Waals surface area contributed by atoms with Gasteiger partial charge < -0.3 is 9.47 Å². The van der Waals surface area contributed by atoms with Crippen LogP contribution in [0.4, 0.5) is 17.1 Å². The van der Waals surface area contributed by atoms with Crippen LogP contribution in [-0.2, 0) is 10.8 Å². The van der Waals surface area contributed by atoms with Gasteiger partial charge in [-0.3, -0.25) is 0 Å². The summed E-state index contributed by atoms with van der Waals surface area (Å²) >= 11 is 1.88.